The molecule has 1 atom stereocenters. The first kappa shape index (κ1) is 13.2. The first-order valence-corrected chi connectivity index (χ1v) is 6.90. The number of halogens is 1. The van der Waals surface area contributed by atoms with Crippen LogP contribution in [0.25, 0.3) is 0 Å². The molecule has 0 aliphatic carbocycles. The zero-order chi connectivity index (χ0) is 13.1. The molecule has 1 heterocycles. The molecule has 0 radical (unpaired) electrons. The lowest BCUT2D eigenvalue weighted by molar-refractivity contribution is -0.117. The highest BCUT2D eigenvalue weighted by atomic mass is 79.9. The lowest BCUT2D eigenvalue weighted by Crippen LogP contribution is -2.24. The smallest absolute Gasteiger partial charge is 0.227 e. The van der Waals surface area contributed by atoms with Crippen LogP contribution >= 0.6 is 15.9 Å². The third-order valence-electron chi connectivity index (χ3n) is 3.10. The Morgan fingerprint density at radius 3 is 2.61 bits per heavy atom. The number of rotatable bonds is 4. The minimum absolute atomic E-state index is 0.159. The molecule has 1 aromatic carbocycles. The number of hydrogen-bond acceptors (Lipinski definition) is 3. The van der Waals surface area contributed by atoms with Crippen molar-refractivity contribution in [3.63, 3.8) is 0 Å². The lowest BCUT2D eigenvalue weighted by Gasteiger charge is -2.18. The van der Waals surface area contributed by atoms with Gasteiger partial charge in [-0.2, -0.15) is 0 Å². The molecule has 5 heteroatoms. The molecule has 2 rings (SSSR count). The van der Waals surface area contributed by atoms with Crippen LogP contribution in [-0.4, -0.2) is 32.0 Å². The molecule has 1 unspecified atom stereocenters. The predicted molar refractivity (Wildman–Crippen MR) is 73.8 cm³/mol. The largest absolute Gasteiger partial charge is 0.493 e. The van der Waals surface area contributed by atoms with Crippen LogP contribution in [-0.2, 0) is 4.79 Å². The summed E-state index contributed by atoms with van der Waals surface area (Å²) in [5.74, 6) is 1.85. The molecule has 1 aromatic rings. The van der Waals surface area contributed by atoms with Gasteiger partial charge in [0.25, 0.3) is 0 Å². The second-order valence-electron chi connectivity index (χ2n) is 4.27. The maximum atomic E-state index is 11.9. The number of carbonyl (C=O) groups is 1. The molecule has 1 aliphatic heterocycles. The average molecular weight is 314 g/mol. The molecular formula is C13H16BrNO3. The molecule has 1 fully saturated rings. The fourth-order valence-corrected chi connectivity index (χ4v) is 2.56. The van der Waals surface area contributed by atoms with Crippen LogP contribution in [0.3, 0.4) is 0 Å². The van der Waals surface area contributed by atoms with Crippen molar-refractivity contribution in [2.24, 2.45) is 5.92 Å². The summed E-state index contributed by atoms with van der Waals surface area (Å²) >= 11 is 3.43. The number of alkyl halides is 1. The molecule has 4 nitrogen and oxygen atoms in total. The van der Waals surface area contributed by atoms with Gasteiger partial charge < -0.3 is 14.4 Å². The van der Waals surface area contributed by atoms with E-state index in [2.05, 4.69) is 15.9 Å². The molecule has 1 aliphatic rings. The maximum absolute atomic E-state index is 11.9. The third-order valence-corrected chi connectivity index (χ3v) is 4.02. The number of hydrogen-bond donors (Lipinski definition) is 0. The number of methoxy groups -OCH3 is 2. The van der Waals surface area contributed by atoms with Crippen molar-refractivity contribution in [2.45, 2.75) is 6.42 Å². The van der Waals surface area contributed by atoms with Crippen LogP contribution in [0.1, 0.15) is 6.42 Å². The molecule has 0 aromatic heterocycles. The SMILES string of the molecule is COc1ccc(N2CC(CBr)CC2=O)cc1OC. The average Bonchev–Trinajstić information content (AvgIpc) is 2.79. The summed E-state index contributed by atoms with van der Waals surface area (Å²) in [5.41, 5.74) is 0.862. The van der Waals surface area contributed by atoms with Crippen LogP contribution < -0.4 is 14.4 Å². The van der Waals surface area contributed by atoms with Crippen LogP contribution in [0.4, 0.5) is 5.69 Å². The molecule has 0 spiro atoms. The molecule has 1 saturated heterocycles. The number of benzene rings is 1. The maximum Gasteiger partial charge on any atom is 0.227 e. The van der Waals surface area contributed by atoms with E-state index in [9.17, 15) is 4.79 Å². The Morgan fingerprint density at radius 1 is 1.33 bits per heavy atom. The molecule has 0 saturated carbocycles. The normalized spacial score (nSPS) is 19.2. The number of ether oxygens (including phenoxy) is 2. The molecular weight excluding hydrogens is 298 g/mol. The Balaban J connectivity index is 2.26. The van der Waals surface area contributed by atoms with Gasteiger partial charge in [-0.1, -0.05) is 15.9 Å². The fraction of sp³-hybridized carbons (Fsp3) is 0.462. The van der Waals surface area contributed by atoms with E-state index in [1.54, 1.807) is 19.1 Å². The van der Waals surface area contributed by atoms with E-state index in [1.165, 1.54) is 0 Å². The third kappa shape index (κ3) is 2.46. The number of amides is 1. The predicted octanol–water partition coefficient (Wildman–Crippen LogP) is 2.45. The summed E-state index contributed by atoms with van der Waals surface area (Å²) in [4.78, 5) is 13.7. The summed E-state index contributed by atoms with van der Waals surface area (Å²) in [5, 5.41) is 0.850. The van der Waals surface area contributed by atoms with E-state index in [0.29, 0.717) is 23.8 Å². The van der Waals surface area contributed by atoms with Crippen LogP contribution in [0.15, 0.2) is 18.2 Å². The van der Waals surface area contributed by atoms with E-state index in [0.717, 1.165) is 17.6 Å². The van der Waals surface area contributed by atoms with Crippen molar-refractivity contribution in [2.75, 3.05) is 31.0 Å². The van der Waals surface area contributed by atoms with Gasteiger partial charge in [0.15, 0.2) is 11.5 Å². The number of anilines is 1. The van der Waals surface area contributed by atoms with Gasteiger partial charge in [-0.05, 0) is 18.1 Å². The standard InChI is InChI=1S/C13H16BrNO3/c1-17-11-4-3-10(6-12(11)18-2)15-8-9(7-14)5-13(15)16/h3-4,6,9H,5,7-8H2,1-2H3. The summed E-state index contributed by atoms with van der Waals surface area (Å²) in [7, 11) is 3.19. The first-order chi connectivity index (χ1) is 8.69. The highest BCUT2D eigenvalue weighted by Gasteiger charge is 2.30. The summed E-state index contributed by atoms with van der Waals surface area (Å²) < 4.78 is 10.4. The van der Waals surface area contributed by atoms with Crippen LogP contribution in [0, 0.1) is 5.92 Å². The van der Waals surface area contributed by atoms with Crippen LogP contribution in [0.2, 0.25) is 0 Å². The van der Waals surface area contributed by atoms with E-state index >= 15 is 0 Å². The second kappa shape index (κ2) is 5.61. The summed E-state index contributed by atoms with van der Waals surface area (Å²) in [6, 6.07) is 5.55. The zero-order valence-electron chi connectivity index (χ0n) is 10.5. The first-order valence-electron chi connectivity index (χ1n) is 5.78. The summed E-state index contributed by atoms with van der Waals surface area (Å²) in [6.07, 6.45) is 0.597. The van der Waals surface area contributed by atoms with Gasteiger partial charge in [0, 0.05) is 30.0 Å². The van der Waals surface area contributed by atoms with E-state index in [-0.39, 0.29) is 5.91 Å². The van der Waals surface area contributed by atoms with Gasteiger partial charge in [0.05, 0.1) is 14.2 Å². The van der Waals surface area contributed by atoms with Gasteiger partial charge in [-0.3, -0.25) is 4.79 Å². The minimum Gasteiger partial charge on any atom is -0.493 e. The van der Waals surface area contributed by atoms with E-state index in [1.807, 2.05) is 18.2 Å². The zero-order valence-corrected chi connectivity index (χ0v) is 12.1. The molecule has 1 amide bonds. The van der Waals surface area contributed by atoms with E-state index in [4.69, 9.17) is 9.47 Å². The van der Waals surface area contributed by atoms with Crippen molar-refractivity contribution in [1.29, 1.82) is 0 Å². The van der Waals surface area contributed by atoms with Crippen molar-refractivity contribution in [3.05, 3.63) is 18.2 Å². The van der Waals surface area contributed by atoms with Crippen molar-refractivity contribution < 1.29 is 14.3 Å². The van der Waals surface area contributed by atoms with Gasteiger partial charge in [0.1, 0.15) is 0 Å². The highest BCUT2D eigenvalue weighted by Crippen LogP contribution is 2.34. The number of carbonyl (C=O) groups excluding carboxylic acids is 1. The monoisotopic (exact) mass is 313 g/mol. The van der Waals surface area contributed by atoms with Crippen molar-refractivity contribution in [3.8, 4) is 11.5 Å². The van der Waals surface area contributed by atoms with E-state index < -0.39 is 0 Å². The van der Waals surface area contributed by atoms with Gasteiger partial charge in [-0.25, -0.2) is 0 Å². The Hall–Kier alpha value is -1.23. The van der Waals surface area contributed by atoms with Gasteiger partial charge >= 0.3 is 0 Å². The highest BCUT2D eigenvalue weighted by molar-refractivity contribution is 9.09. The van der Waals surface area contributed by atoms with Crippen LogP contribution in [0.5, 0.6) is 11.5 Å². The quantitative estimate of drug-likeness (QED) is 0.801. The van der Waals surface area contributed by atoms with Crippen molar-refractivity contribution in [1.82, 2.24) is 0 Å². The molecule has 18 heavy (non-hydrogen) atoms. The Kier molecular flexibility index (Phi) is 4.11. The Labute approximate surface area is 115 Å². The lowest BCUT2D eigenvalue weighted by atomic mass is 10.2. The molecule has 98 valence electrons. The summed E-state index contributed by atoms with van der Waals surface area (Å²) in [6.45, 7) is 0.750. The fourth-order valence-electron chi connectivity index (χ4n) is 2.13. The Bertz CT molecular complexity index is 450. The van der Waals surface area contributed by atoms with Gasteiger partial charge in [0.2, 0.25) is 5.91 Å². The molecule has 0 N–H and O–H groups in total. The Morgan fingerprint density at radius 2 is 2.06 bits per heavy atom. The molecule has 0 bridgehead atoms. The number of nitrogens with zero attached hydrogens (tertiary/aromatic N) is 1. The second-order valence-corrected chi connectivity index (χ2v) is 4.92. The van der Waals surface area contributed by atoms with Gasteiger partial charge in [-0.15, -0.1) is 0 Å². The minimum atomic E-state index is 0.159. The van der Waals surface area contributed by atoms with Crippen molar-refractivity contribution >= 4 is 27.5 Å². The topological polar surface area (TPSA) is 38.8 Å².